The number of esters is 1. The third kappa shape index (κ3) is 3.09. The van der Waals surface area contributed by atoms with Gasteiger partial charge in [-0.2, -0.15) is 0 Å². The molecule has 1 aliphatic rings. The topological polar surface area (TPSA) is 75.6 Å². The van der Waals surface area contributed by atoms with Gasteiger partial charge in [0.2, 0.25) is 0 Å². The Hall–Kier alpha value is -3.44. The van der Waals surface area contributed by atoms with E-state index in [0.717, 1.165) is 27.8 Å². The zero-order valence-corrected chi connectivity index (χ0v) is 16.0. The van der Waals surface area contributed by atoms with E-state index in [1.807, 2.05) is 78.9 Å². The van der Waals surface area contributed by atoms with Crippen molar-refractivity contribution in [2.75, 3.05) is 7.11 Å². The third-order valence-electron chi connectivity index (χ3n) is 5.45. The van der Waals surface area contributed by atoms with E-state index in [0.29, 0.717) is 0 Å². The molecule has 3 aromatic carbocycles. The Bertz CT molecular complexity index is 1020. The van der Waals surface area contributed by atoms with Gasteiger partial charge in [-0.3, -0.25) is 14.9 Å². The highest BCUT2D eigenvalue weighted by Gasteiger charge is 2.46. The lowest BCUT2D eigenvalue weighted by molar-refractivity contribution is -0.148. The number of carbonyl (C=O) groups excluding carboxylic acids is 1. The average molecular weight is 387 g/mol. The zero-order valence-electron chi connectivity index (χ0n) is 16.0. The number of ether oxygens (including phenoxy) is 1. The second-order valence-corrected chi connectivity index (χ2v) is 7.02. The van der Waals surface area contributed by atoms with Crippen molar-refractivity contribution in [1.82, 2.24) is 5.32 Å². The fraction of sp³-hybridized carbons (Fsp3) is 0.167. The Morgan fingerprint density at radius 2 is 1.41 bits per heavy atom. The summed E-state index contributed by atoms with van der Waals surface area (Å²) in [6.07, 6.45) is -0.273. The molecule has 0 aliphatic heterocycles. The van der Waals surface area contributed by atoms with Crippen LogP contribution < -0.4 is 5.32 Å². The first kappa shape index (κ1) is 18.9. The maximum Gasteiger partial charge on any atom is 0.321 e. The van der Waals surface area contributed by atoms with Crippen LogP contribution in [0.2, 0.25) is 0 Å². The molecule has 1 aliphatic carbocycles. The second-order valence-electron chi connectivity index (χ2n) is 7.02. The molecule has 146 valence electrons. The van der Waals surface area contributed by atoms with Gasteiger partial charge in [0.25, 0.3) is 0 Å². The number of rotatable bonds is 6. The van der Waals surface area contributed by atoms with E-state index in [9.17, 15) is 14.7 Å². The lowest BCUT2D eigenvalue weighted by Gasteiger charge is -2.36. The van der Waals surface area contributed by atoms with Crippen LogP contribution in [-0.4, -0.2) is 30.2 Å². The number of hydrogen-bond donors (Lipinski definition) is 2. The molecule has 0 saturated heterocycles. The van der Waals surface area contributed by atoms with Gasteiger partial charge in [0.15, 0.2) is 0 Å². The molecule has 1 atom stereocenters. The smallest absolute Gasteiger partial charge is 0.321 e. The fourth-order valence-electron chi connectivity index (χ4n) is 4.18. The molecule has 0 radical (unpaired) electrons. The van der Waals surface area contributed by atoms with E-state index in [1.165, 1.54) is 7.11 Å². The average Bonchev–Trinajstić information content (AvgIpc) is 3.05. The van der Waals surface area contributed by atoms with Crippen LogP contribution in [0.5, 0.6) is 0 Å². The number of aliphatic carboxylic acids is 1. The van der Waals surface area contributed by atoms with Crippen molar-refractivity contribution in [2.45, 2.75) is 18.0 Å². The highest BCUT2D eigenvalue weighted by atomic mass is 16.5. The number of nitrogens with one attached hydrogen (secondary N) is 1. The number of fused-ring (bicyclic) bond motifs is 3. The number of carboxylic acid groups (broad SMARTS) is 1. The molecular formula is C24H21NO4. The Morgan fingerprint density at radius 1 is 0.897 bits per heavy atom. The lowest BCUT2D eigenvalue weighted by atomic mass is 9.79. The van der Waals surface area contributed by atoms with Crippen LogP contribution in [0.25, 0.3) is 11.1 Å². The molecule has 5 heteroatoms. The van der Waals surface area contributed by atoms with Crippen molar-refractivity contribution in [2.24, 2.45) is 0 Å². The van der Waals surface area contributed by atoms with Gasteiger partial charge in [0, 0.05) is 0 Å². The summed E-state index contributed by atoms with van der Waals surface area (Å²) in [6.45, 7) is 0. The van der Waals surface area contributed by atoms with Gasteiger partial charge in [-0.15, -0.1) is 0 Å². The van der Waals surface area contributed by atoms with Crippen molar-refractivity contribution >= 4 is 11.9 Å². The molecule has 29 heavy (non-hydrogen) atoms. The summed E-state index contributed by atoms with van der Waals surface area (Å²) in [5.74, 6) is -1.68. The van der Waals surface area contributed by atoms with Gasteiger partial charge in [-0.05, 0) is 27.8 Å². The predicted molar refractivity (Wildman–Crippen MR) is 109 cm³/mol. The molecule has 0 unspecified atom stereocenters. The highest BCUT2D eigenvalue weighted by Crippen LogP contribution is 2.51. The van der Waals surface area contributed by atoms with Crippen LogP contribution in [0.3, 0.4) is 0 Å². The first-order chi connectivity index (χ1) is 14.1. The zero-order chi connectivity index (χ0) is 20.4. The summed E-state index contributed by atoms with van der Waals surface area (Å²) < 4.78 is 4.73. The van der Waals surface area contributed by atoms with Crippen molar-refractivity contribution < 1.29 is 19.4 Å². The molecule has 0 amide bonds. The molecule has 0 aromatic heterocycles. The maximum atomic E-state index is 12.1. The van der Waals surface area contributed by atoms with E-state index in [4.69, 9.17) is 4.74 Å². The molecule has 4 rings (SSSR count). The van der Waals surface area contributed by atoms with Crippen molar-refractivity contribution in [3.63, 3.8) is 0 Å². The van der Waals surface area contributed by atoms with Crippen LogP contribution in [0, 0.1) is 0 Å². The van der Waals surface area contributed by atoms with Gasteiger partial charge in [-0.25, -0.2) is 0 Å². The standard InChI is InChI=1S/C24H21NO4/c1-29-22(26)15-21(23(27)28)25-24(16-9-3-2-4-10-16)19-13-7-5-11-17(19)18-12-6-8-14-20(18)24/h2-14,21,25H,15H2,1H3,(H,27,28)/t21-/m0/s1. The van der Waals surface area contributed by atoms with E-state index >= 15 is 0 Å². The first-order valence-electron chi connectivity index (χ1n) is 9.40. The number of carbonyl (C=O) groups is 2. The van der Waals surface area contributed by atoms with Crippen LogP contribution in [0.1, 0.15) is 23.1 Å². The van der Waals surface area contributed by atoms with E-state index in [2.05, 4.69) is 5.32 Å². The Labute approximate surface area is 169 Å². The fourth-order valence-corrected chi connectivity index (χ4v) is 4.18. The molecule has 0 heterocycles. The minimum Gasteiger partial charge on any atom is -0.480 e. The minimum atomic E-state index is -1.12. The molecule has 2 N–H and O–H groups in total. The molecular weight excluding hydrogens is 366 g/mol. The number of benzene rings is 3. The summed E-state index contributed by atoms with van der Waals surface area (Å²) in [4.78, 5) is 24.0. The Morgan fingerprint density at radius 3 is 1.93 bits per heavy atom. The van der Waals surface area contributed by atoms with Crippen molar-refractivity contribution in [3.8, 4) is 11.1 Å². The molecule has 0 spiro atoms. The summed E-state index contributed by atoms with van der Waals surface area (Å²) in [7, 11) is 1.26. The van der Waals surface area contributed by atoms with E-state index < -0.39 is 23.5 Å². The minimum absolute atomic E-state index is 0.273. The van der Waals surface area contributed by atoms with E-state index in [1.54, 1.807) is 0 Å². The normalized spacial score (nSPS) is 14.5. The summed E-state index contributed by atoms with van der Waals surface area (Å²) in [5, 5.41) is 13.2. The molecule has 5 nitrogen and oxygen atoms in total. The number of carboxylic acids is 1. The Kier molecular flexibility index (Phi) is 4.91. The van der Waals surface area contributed by atoms with Gasteiger partial charge < -0.3 is 9.84 Å². The summed E-state index contributed by atoms with van der Waals surface area (Å²) in [5.41, 5.74) is 4.02. The SMILES string of the molecule is COC(=O)C[C@H](NC1(c2ccccc2)c2ccccc2-c2ccccc21)C(=O)O. The summed E-state index contributed by atoms with van der Waals surface area (Å²) >= 11 is 0. The molecule has 0 bridgehead atoms. The van der Waals surface area contributed by atoms with Crippen molar-refractivity contribution in [3.05, 3.63) is 95.6 Å². The van der Waals surface area contributed by atoms with Gasteiger partial charge in [0.1, 0.15) is 6.04 Å². The van der Waals surface area contributed by atoms with Gasteiger partial charge in [0.05, 0.1) is 19.1 Å². The van der Waals surface area contributed by atoms with Gasteiger partial charge in [-0.1, -0.05) is 78.9 Å². The number of hydrogen-bond acceptors (Lipinski definition) is 4. The van der Waals surface area contributed by atoms with Crippen LogP contribution in [-0.2, 0) is 19.9 Å². The number of methoxy groups -OCH3 is 1. The second kappa shape index (κ2) is 7.53. The quantitative estimate of drug-likeness (QED) is 0.633. The monoisotopic (exact) mass is 387 g/mol. The molecule has 3 aromatic rings. The largest absolute Gasteiger partial charge is 0.480 e. The molecule has 0 saturated carbocycles. The van der Waals surface area contributed by atoms with Crippen molar-refractivity contribution in [1.29, 1.82) is 0 Å². The summed E-state index contributed by atoms with van der Waals surface area (Å²) in [6, 6.07) is 24.5. The van der Waals surface area contributed by atoms with E-state index in [-0.39, 0.29) is 6.42 Å². The first-order valence-corrected chi connectivity index (χ1v) is 9.40. The predicted octanol–water partition coefficient (Wildman–Crippen LogP) is 3.56. The van der Waals surface area contributed by atoms with Gasteiger partial charge >= 0.3 is 11.9 Å². The Balaban J connectivity index is 1.96. The molecule has 0 fully saturated rings. The maximum absolute atomic E-state index is 12.1. The lowest BCUT2D eigenvalue weighted by Crippen LogP contribution is -2.52. The third-order valence-corrected chi connectivity index (χ3v) is 5.45. The van der Waals surface area contributed by atoms with Crippen LogP contribution in [0.4, 0.5) is 0 Å². The van der Waals surface area contributed by atoms with Crippen LogP contribution >= 0.6 is 0 Å². The highest BCUT2D eigenvalue weighted by molar-refractivity contribution is 5.85. The van der Waals surface area contributed by atoms with Crippen LogP contribution in [0.15, 0.2) is 78.9 Å².